The van der Waals surface area contributed by atoms with Crippen LogP contribution in [0.15, 0.2) is 18.2 Å². The van der Waals surface area contributed by atoms with Gasteiger partial charge in [0, 0.05) is 0 Å². The second-order valence-corrected chi connectivity index (χ2v) is 4.99. The lowest BCUT2D eigenvalue weighted by Crippen LogP contribution is -2.22. The first-order valence-electron chi connectivity index (χ1n) is 5.25. The van der Waals surface area contributed by atoms with Gasteiger partial charge in [-0.3, -0.25) is 0 Å². The molecule has 0 bridgehead atoms. The molecule has 1 aliphatic rings. The van der Waals surface area contributed by atoms with Crippen molar-refractivity contribution in [1.82, 2.24) is 0 Å². The largest absolute Gasteiger partial charge is 0.488 e. The van der Waals surface area contributed by atoms with Gasteiger partial charge in [-0.05, 0) is 63.3 Å². The maximum absolute atomic E-state index is 5.79. The highest BCUT2D eigenvalue weighted by molar-refractivity contribution is 5.32. The van der Waals surface area contributed by atoms with Gasteiger partial charge in [0.15, 0.2) is 0 Å². The van der Waals surface area contributed by atoms with Crippen molar-refractivity contribution in [3.8, 4) is 5.75 Å². The molecule has 0 atom stereocenters. The van der Waals surface area contributed by atoms with Gasteiger partial charge < -0.3 is 4.74 Å². The molecule has 0 N–H and O–H groups in total. The Hall–Kier alpha value is -0.980. The fourth-order valence-corrected chi connectivity index (χ4v) is 1.53. The molecule has 0 aliphatic heterocycles. The van der Waals surface area contributed by atoms with Crippen LogP contribution in [-0.2, 0) is 0 Å². The predicted molar refractivity (Wildman–Crippen MR) is 57.6 cm³/mol. The Morgan fingerprint density at radius 1 is 1.29 bits per heavy atom. The second kappa shape index (κ2) is 3.30. The topological polar surface area (TPSA) is 9.23 Å². The van der Waals surface area contributed by atoms with Crippen molar-refractivity contribution in [2.45, 2.75) is 45.1 Å². The van der Waals surface area contributed by atoms with Crippen molar-refractivity contribution in [1.29, 1.82) is 0 Å². The third kappa shape index (κ3) is 2.50. The molecule has 0 aromatic heterocycles. The van der Waals surface area contributed by atoms with Gasteiger partial charge in [-0.1, -0.05) is 6.07 Å². The van der Waals surface area contributed by atoms with Gasteiger partial charge in [0.05, 0.1) is 0 Å². The first-order chi connectivity index (χ1) is 6.54. The molecule has 1 aliphatic carbocycles. The summed E-state index contributed by atoms with van der Waals surface area (Å²) in [6, 6.07) is 9.29. The van der Waals surface area contributed by atoms with E-state index in [9.17, 15) is 0 Å². The highest BCUT2D eigenvalue weighted by Gasteiger charge is 2.24. The van der Waals surface area contributed by atoms with E-state index in [2.05, 4.69) is 39.0 Å². The van der Waals surface area contributed by atoms with Gasteiger partial charge in [-0.15, -0.1) is 0 Å². The van der Waals surface area contributed by atoms with Crippen molar-refractivity contribution in [3.63, 3.8) is 0 Å². The lowest BCUT2D eigenvalue weighted by molar-refractivity contribution is 0.131. The van der Waals surface area contributed by atoms with Gasteiger partial charge in [0.1, 0.15) is 11.4 Å². The van der Waals surface area contributed by atoms with E-state index in [4.69, 9.17) is 4.74 Å². The maximum Gasteiger partial charge on any atom is 0.121 e. The zero-order valence-electron chi connectivity index (χ0n) is 9.13. The van der Waals surface area contributed by atoms with Gasteiger partial charge in [0.25, 0.3) is 0 Å². The summed E-state index contributed by atoms with van der Waals surface area (Å²) in [4.78, 5) is 0. The smallest absolute Gasteiger partial charge is 0.121 e. The van der Waals surface area contributed by atoms with E-state index in [0.29, 0.717) is 0 Å². The summed E-state index contributed by atoms with van der Waals surface area (Å²) in [6.07, 6.45) is 2.65. The number of benzene rings is 1. The van der Waals surface area contributed by atoms with Crippen LogP contribution in [-0.4, -0.2) is 5.60 Å². The molecular formula is C13H17O. The molecule has 2 rings (SSSR count). The monoisotopic (exact) mass is 189 g/mol. The zero-order chi connectivity index (χ0) is 10.2. The Bertz CT molecular complexity index is 318. The van der Waals surface area contributed by atoms with Crippen LogP contribution in [0.5, 0.6) is 5.75 Å². The Labute approximate surface area is 86.1 Å². The Morgan fingerprint density at radius 3 is 2.57 bits per heavy atom. The molecule has 1 saturated carbocycles. The van der Waals surface area contributed by atoms with Crippen molar-refractivity contribution >= 4 is 0 Å². The minimum Gasteiger partial charge on any atom is -0.488 e. The summed E-state index contributed by atoms with van der Waals surface area (Å²) in [5, 5.41) is 0. The molecule has 0 amide bonds. The number of hydrogen-bond acceptors (Lipinski definition) is 1. The van der Waals surface area contributed by atoms with Crippen LogP contribution in [0, 0.1) is 6.07 Å². The average Bonchev–Trinajstić information content (AvgIpc) is 2.83. The SMILES string of the molecule is CC(C)(C)Oc1c[c]cc(C2CC2)c1. The standard InChI is InChI=1S/C13H17O/c1-13(2,3)14-12-6-4-5-11(9-12)10-7-8-10/h5-6,9-10H,7-8H2,1-3H3. The average molecular weight is 189 g/mol. The second-order valence-electron chi connectivity index (χ2n) is 4.99. The molecular weight excluding hydrogens is 172 g/mol. The fourth-order valence-electron chi connectivity index (χ4n) is 1.53. The van der Waals surface area contributed by atoms with Crippen molar-refractivity contribution in [2.24, 2.45) is 0 Å². The van der Waals surface area contributed by atoms with E-state index in [0.717, 1.165) is 11.7 Å². The lowest BCUT2D eigenvalue weighted by Gasteiger charge is -2.21. The summed E-state index contributed by atoms with van der Waals surface area (Å²) in [7, 11) is 0. The normalized spacial score (nSPS) is 16.8. The van der Waals surface area contributed by atoms with E-state index < -0.39 is 0 Å². The van der Waals surface area contributed by atoms with Crippen LogP contribution >= 0.6 is 0 Å². The van der Waals surface area contributed by atoms with Gasteiger partial charge >= 0.3 is 0 Å². The first kappa shape index (κ1) is 9.57. The summed E-state index contributed by atoms with van der Waals surface area (Å²) in [6.45, 7) is 6.20. The number of rotatable bonds is 2. The number of hydrogen-bond donors (Lipinski definition) is 0. The van der Waals surface area contributed by atoms with Gasteiger partial charge in [-0.25, -0.2) is 0 Å². The van der Waals surface area contributed by atoms with E-state index in [1.807, 2.05) is 6.07 Å². The van der Waals surface area contributed by atoms with Crippen LogP contribution in [0.4, 0.5) is 0 Å². The summed E-state index contributed by atoms with van der Waals surface area (Å²) >= 11 is 0. The van der Waals surface area contributed by atoms with E-state index >= 15 is 0 Å². The molecule has 1 radical (unpaired) electrons. The summed E-state index contributed by atoms with van der Waals surface area (Å²) in [5.41, 5.74) is 1.27. The summed E-state index contributed by atoms with van der Waals surface area (Å²) in [5.74, 6) is 1.72. The maximum atomic E-state index is 5.79. The van der Waals surface area contributed by atoms with E-state index in [-0.39, 0.29) is 5.60 Å². The molecule has 1 aromatic rings. The molecule has 1 aromatic carbocycles. The Balaban J connectivity index is 2.13. The van der Waals surface area contributed by atoms with Crippen molar-refractivity contribution in [3.05, 3.63) is 29.8 Å². The van der Waals surface area contributed by atoms with Gasteiger partial charge in [0.2, 0.25) is 0 Å². The highest BCUT2D eigenvalue weighted by atomic mass is 16.5. The van der Waals surface area contributed by atoms with E-state index in [1.54, 1.807) is 0 Å². The van der Waals surface area contributed by atoms with Gasteiger partial charge in [-0.2, -0.15) is 0 Å². The van der Waals surface area contributed by atoms with Crippen LogP contribution in [0.25, 0.3) is 0 Å². The van der Waals surface area contributed by atoms with Crippen molar-refractivity contribution in [2.75, 3.05) is 0 Å². The van der Waals surface area contributed by atoms with Crippen LogP contribution in [0.1, 0.15) is 45.1 Å². The first-order valence-corrected chi connectivity index (χ1v) is 5.25. The predicted octanol–water partition coefficient (Wildman–Crippen LogP) is 3.54. The van der Waals surface area contributed by atoms with Crippen LogP contribution in [0.2, 0.25) is 0 Å². The quantitative estimate of drug-likeness (QED) is 0.691. The van der Waals surface area contributed by atoms with E-state index in [1.165, 1.54) is 18.4 Å². The highest BCUT2D eigenvalue weighted by Crippen LogP contribution is 2.41. The van der Waals surface area contributed by atoms with Crippen LogP contribution < -0.4 is 4.74 Å². The molecule has 1 heteroatoms. The molecule has 0 heterocycles. The summed E-state index contributed by atoms with van der Waals surface area (Å²) < 4.78 is 5.79. The third-order valence-corrected chi connectivity index (χ3v) is 2.26. The molecule has 1 fully saturated rings. The molecule has 0 saturated heterocycles. The minimum atomic E-state index is -0.115. The fraction of sp³-hybridized carbons (Fsp3) is 0.538. The minimum absolute atomic E-state index is 0.115. The molecule has 0 unspecified atom stereocenters. The molecule has 75 valence electrons. The lowest BCUT2D eigenvalue weighted by atomic mass is 10.1. The Kier molecular flexibility index (Phi) is 2.26. The van der Waals surface area contributed by atoms with Crippen LogP contribution in [0.3, 0.4) is 0 Å². The third-order valence-electron chi connectivity index (χ3n) is 2.26. The Morgan fingerprint density at radius 2 is 2.00 bits per heavy atom. The molecule has 0 spiro atoms. The number of ether oxygens (including phenoxy) is 1. The van der Waals surface area contributed by atoms with Crippen molar-refractivity contribution < 1.29 is 4.74 Å². The molecule has 14 heavy (non-hydrogen) atoms. The zero-order valence-corrected chi connectivity index (χ0v) is 9.13. The molecule has 1 nitrogen and oxygen atoms in total.